The molecule has 2 aromatic heterocycles. The lowest BCUT2D eigenvalue weighted by atomic mass is 9.94. The Morgan fingerprint density at radius 3 is 2.77 bits per heavy atom. The molecule has 254 valence electrons. The second-order valence-corrected chi connectivity index (χ2v) is 13.0. The number of pyridine rings is 1. The quantitative estimate of drug-likeness (QED) is 0.205. The van der Waals surface area contributed by atoms with E-state index in [1.54, 1.807) is 18.2 Å². The van der Waals surface area contributed by atoms with Crippen molar-refractivity contribution in [1.82, 2.24) is 19.9 Å². The molecule has 10 nitrogen and oxygen atoms in total. The average molecular weight is 666 g/mol. The molecular weight excluding hydrogens is 627 g/mol. The molecule has 5 heterocycles. The van der Waals surface area contributed by atoms with Crippen molar-refractivity contribution in [2.45, 2.75) is 57.2 Å². The van der Waals surface area contributed by atoms with Gasteiger partial charge in [0.15, 0.2) is 12.6 Å². The summed E-state index contributed by atoms with van der Waals surface area (Å²) >= 11 is 0. The Kier molecular flexibility index (Phi) is 8.75. The van der Waals surface area contributed by atoms with Crippen LogP contribution in [0, 0.1) is 17.6 Å². The number of carboxylic acid groups (broad SMARTS) is 1. The van der Waals surface area contributed by atoms with E-state index < -0.39 is 35.2 Å². The van der Waals surface area contributed by atoms with E-state index in [0.29, 0.717) is 72.2 Å². The molecule has 13 heteroatoms. The molecule has 0 amide bonds. The molecule has 3 aliphatic heterocycles. The highest BCUT2D eigenvalue weighted by Crippen LogP contribution is 2.42. The van der Waals surface area contributed by atoms with Gasteiger partial charge in [-0.15, -0.1) is 0 Å². The monoisotopic (exact) mass is 665 g/mol. The zero-order valence-corrected chi connectivity index (χ0v) is 27.0. The number of piperidine rings is 1. The number of ether oxygens (including phenoxy) is 3. The molecule has 1 N–H and O–H groups in total. The molecule has 3 atom stereocenters. The van der Waals surface area contributed by atoms with Gasteiger partial charge in [0.2, 0.25) is 0 Å². The van der Waals surface area contributed by atoms with E-state index in [9.17, 15) is 14.3 Å². The van der Waals surface area contributed by atoms with Crippen LogP contribution < -0.4 is 14.4 Å². The van der Waals surface area contributed by atoms with Gasteiger partial charge in [-0.1, -0.05) is 13.0 Å². The second kappa shape index (κ2) is 13.0. The highest BCUT2D eigenvalue weighted by Gasteiger charge is 2.49. The van der Waals surface area contributed by atoms with E-state index in [2.05, 4.69) is 19.9 Å². The van der Waals surface area contributed by atoms with E-state index >= 15 is 8.78 Å². The Morgan fingerprint density at radius 2 is 1.98 bits per heavy atom. The van der Waals surface area contributed by atoms with Crippen LogP contribution in [-0.4, -0.2) is 89.3 Å². The molecule has 0 saturated carbocycles. The van der Waals surface area contributed by atoms with Gasteiger partial charge >= 0.3 is 12.0 Å². The van der Waals surface area contributed by atoms with E-state index in [0.717, 1.165) is 19.4 Å². The first-order valence-electron chi connectivity index (χ1n) is 16.4. The number of aryl methyl sites for hydroxylation is 1. The fourth-order valence-electron chi connectivity index (χ4n) is 7.76. The predicted molar refractivity (Wildman–Crippen MR) is 173 cm³/mol. The number of aromatic nitrogens is 3. The number of carbonyl (C=O) groups is 1. The van der Waals surface area contributed by atoms with Gasteiger partial charge < -0.3 is 24.2 Å². The van der Waals surface area contributed by atoms with Crippen LogP contribution in [0.25, 0.3) is 32.9 Å². The molecule has 0 spiro atoms. The molecular formula is C35H38F3N5O5. The Hall–Kier alpha value is -4.23. The third-order valence-corrected chi connectivity index (χ3v) is 10.0. The maximum Gasteiger partial charge on any atom is 0.319 e. The molecule has 3 fully saturated rings. The van der Waals surface area contributed by atoms with Crippen molar-refractivity contribution in [2.24, 2.45) is 5.92 Å². The molecule has 0 bridgehead atoms. The molecule has 3 saturated heterocycles. The van der Waals surface area contributed by atoms with Crippen LogP contribution in [0.15, 0.2) is 30.5 Å². The van der Waals surface area contributed by atoms with Gasteiger partial charge in [-0.3, -0.25) is 14.7 Å². The number of aliphatic carboxylic acids is 1. The number of fused-ring (bicyclic) bond motifs is 3. The summed E-state index contributed by atoms with van der Waals surface area (Å²) in [5, 5.41) is 11.2. The number of nitrogens with zero attached hydrogens (tertiary/aromatic N) is 5. The summed E-state index contributed by atoms with van der Waals surface area (Å²) in [5.41, 5.74) is 0.109. The molecule has 48 heavy (non-hydrogen) atoms. The first-order chi connectivity index (χ1) is 23.2. The molecule has 2 aromatic carbocycles. The van der Waals surface area contributed by atoms with E-state index in [4.69, 9.17) is 14.2 Å². The molecule has 0 aliphatic carbocycles. The summed E-state index contributed by atoms with van der Waals surface area (Å²) in [6.45, 7) is 3.72. The predicted octanol–water partition coefficient (Wildman–Crippen LogP) is 5.92. The van der Waals surface area contributed by atoms with E-state index in [-0.39, 0.29) is 42.6 Å². The summed E-state index contributed by atoms with van der Waals surface area (Å²) in [4.78, 5) is 29.6. The minimum atomic E-state index is -0.953. The number of hydrogen-bond acceptors (Lipinski definition) is 9. The Morgan fingerprint density at radius 1 is 1.12 bits per heavy atom. The summed E-state index contributed by atoms with van der Waals surface area (Å²) in [6, 6.07) is 6.26. The minimum Gasteiger partial charge on any atom is -0.481 e. The van der Waals surface area contributed by atoms with Crippen LogP contribution in [0.4, 0.5) is 19.0 Å². The fraction of sp³-hybridized carbons (Fsp3) is 0.486. The summed E-state index contributed by atoms with van der Waals surface area (Å²) in [6.07, 6.45) is 4.03. The van der Waals surface area contributed by atoms with Crippen LogP contribution in [0.5, 0.6) is 11.8 Å². The van der Waals surface area contributed by atoms with Crippen LogP contribution in [0.3, 0.4) is 0 Å². The van der Waals surface area contributed by atoms with Crippen molar-refractivity contribution in [1.29, 1.82) is 0 Å². The van der Waals surface area contributed by atoms with Crippen LogP contribution in [0.2, 0.25) is 0 Å². The summed E-state index contributed by atoms with van der Waals surface area (Å²) < 4.78 is 63.6. The minimum absolute atomic E-state index is 0.0487. The van der Waals surface area contributed by atoms with Gasteiger partial charge in [0, 0.05) is 44.9 Å². The smallest absolute Gasteiger partial charge is 0.319 e. The third kappa shape index (κ3) is 5.76. The Bertz CT molecular complexity index is 1880. The third-order valence-electron chi connectivity index (χ3n) is 10.0. The highest BCUT2D eigenvalue weighted by atomic mass is 19.1. The number of anilines is 1. The summed E-state index contributed by atoms with van der Waals surface area (Å²) in [7, 11) is 1.49. The lowest BCUT2D eigenvalue weighted by Crippen LogP contribution is -2.43. The SMILES string of the molecule is CCc1c(F)ccc2cc(OCOC)cc(-c3ncc4c(N5CCC[C@@H](C(=O)O)C5)nc(OCC56CCCN5C[C@H](F)C6)nc4c3F)c12. The van der Waals surface area contributed by atoms with Crippen LogP contribution >= 0.6 is 0 Å². The van der Waals surface area contributed by atoms with Gasteiger partial charge in [0.1, 0.15) is 41.4 Å². The number of rotatable bonds is 10. The van der Waals surface area contributed by atoms with Gasteiger partial charge in [0.25, 0.3) is 0 Å². The maximum atomic E-state index is 17.0. The highest BCUT2D eigenvalue weighted by molar-refractivity contribution is 6.02. The van der Waals surface area contributed by atoms with Gasteiger partial charge in [-0.25, -0.2) is 13.2 Å². The van der Waals surface area contributed by atoms with Crippen molar-refractivity contribution in [3.8, 4) is 23.0 Å². The Balaban J connectivity index is 1.38. The average Bonchev–Trinajstić information content (AvgIpc) is 3.62. The fourth-order valence-corrected chi connectivity index (χ4v) is 7.76. The Labute approximate surface area is 275 Å². The zero-order valence-electron chi connectivity index (χ0n) is 27.0. The molecule has 4 aromatic rings. The number of alkyl halides is 1. The maximum absolute atomic E-state index is 17.0. The van der Waals surface area contributed by atoms with Gasteiger partial charge in [0.05, 0.1) is 16.8 Å². The number of benzene rings is 2. The number of hydrogen-bond donors (Lipinski definition) is 1. The largest absolute Gasteiger partial charge is 0.481 e. The van der Waals surface area contributed by atoms with Crippen molar-refractivity contribution < 1.29 is 37.3 Å². The van der Waals surface area contributed by atoms with E-state index in [1.807, 2.05) is 11.8 Å². The number of carboxylic acids is 1. The molecule has 1 unspecified atom stereocenters. The molecule has 0 radical (unpaired) electrons. The number of halogens is 3. The second-order valence-electron chi connectivity index (χ2n) is 13.0. The topological polar surface area (TPSA) is 110 Å². The van der Waals surface area contributed by atoms with Crippen LogP contribution in [0.1, 0.15) is 44.6 Å². The van der Waals surface area contributed by atoms with Gasteiger partial charge in [-0.05, 0) is 73.2 Å². The lowest BCUT2D eigenvalue weighted by Gasteiger charge is -2.33. The van der Waals surface area contributed by atoms with Crippen molar-refractivity contribution in [2.75, 3.05) is 51.6 Å². The van der Waals surface area contributed by atoms with E-state index in [1.165, 1.54) is 19.4 Å². The van der Waals surface area contributed by atoms with Crippen molar-refractivity contribution in [3.05, 3.63) is 47.7 Å². The van der Waals surface area contributed by atoms with Crippen LogP contribution in [-0.2, 0) is 16.0 Å². The molecule has 3 aliphatic rings. The van der Waals surface area contributed by atoms with Crippen molar-refractivity contribution >= 4 is 33.5 Å². The lowest BCUT2D eigenvalue weighted by molar-refractivity contribution is -0.141. The standard InChI is InChI=1S/C35H38F3N5O5/c1-3-24-27(37)8-7-20-12-23(48-19-46-2)13-25(28(20)24)30-29(38)31-26(15-39-30)32(42-10-4-6-21(16-42)33(44)45)41-34(40-31)47-18-35-9-5-11-43(35)17-22(36)14-35/h7-8,12-13,15,21-22H,3-6,9-11,14,16-19H2,1-2H3,(H,44,45)/t21-,22-,35?/m1/s1. The van der Waals surface area contributed by atoms with Gasteiger partial charge in [-0.2, -0.15) is 9.97 Å². The molecule has 7 rings (SSSR count). The van der Waals surface area contributed by atoms with Crippen molar-refractivity contribution in [3.63, 3.8) is 0 Å². The number of methoxy groups -OCH3 is 1. The first kappa shape index (κ1) is 32.3. The first-order valence-corrected chi connectivity index (χ1v) is 16.4. The normalized spacial score (nSPS) is 22.8. The summed E-state index contributed by atoms with van der Waals surface area (Å²) in [5.74, 6) is -2.02. The zero-order chi connectivity index (χ0) is 33.6.